The molecular weight excluding hydrogens is 877 g/mol. The first-order chi connectivity index (χ1) is 30.9. The number of rotatable bonds is 11. The SMILES string of the molecule is CC(=O)N[C@@H]1CSCCCOC(=O)NCCCC[C@@H](C(N)=O)NC(=O)[C@@H](Cc2ccccc2)NC(=O)[C@H](CO)NC(=O)[C@H](CC(=O)O)NC(=O)CNC(=O)[C@H](CCCN=C(N)N)NC1=O. The van der Waals surface area contributed by atoms with Gasteiger partial charge in [0.25, 0.3) is 0 Å². The van der Waals surface area contributed by atoms with E-state index >= 15 is 0 Å². The van der Waals surface area contributed by atoms with E-state index in [0.717, 1.165) is 0 Å². The van der Waals surface area contributed by atoms with E-state index in [9.17, 15) is 58.2 Å². The highest BCUT2D eigenvalue weighted by Crippen LogP contribution is 2.10. The standard InChI is InChI=1S/C39H60N12O13S/c1-22(53)46-29-21-65-16-8-15-64-39(63)44-13-6-5-11-24(32(40)57)48-34(59)26(17-23-9-3-2-4-10-23)50-36(61)28(20-52)51-35(60)27(18-31(55)56)47-30(54)19-45-33(58)25(49-37(29)62)12-7-14-43-38(41)42/h2-4,9-10,24-29,52H,5-8,11-21H2,1H3,(H2,40,57)(H,44,63)(H,45,58)(H,46,53)(H,47,54)(H,48,59)(H,49,62)(H,50,61)(H,51,60)(H,55,56)(H4,41,42,43)/t24-,25-,26+,27-,28-,29+/m0/s1. The van der Waals surface area contributed by atoms with Gasteiger partial charge in [-0.25, -0.2) is 4.79 Å². The van der Waals surface area contributed by atoms with E-state index in [-0.39, 0.29) is 57.1 Å². The van der Waals surface area contributed by atoms with Crippen LogP contribution >= 0.6 is 11.8 Å². The number of carboxylic acid groups (broad SMARTS) is 1. The first-order valence-corrected chi connectivity index (χ1v) is 21.8. The second-order valence-corrected chi connectivity index (χ2v) is 15.8. The molecule has 16 N–H and O–H groups in total. The van der Waals surface area contributed by atoms with Crippen LogP contribution in [-0.4, -0.2) is 156 Å². The van der Waals surface area contributed by atoms with Crippen LogP contribution in [0.25, 0.3) is 0 Å². The molecule has 25 nitrogen and oxygen atoms in total. The number of aliphatic carboxylic acids is 1. The summed E-state index contributed by atoms with van der Waals surface area (Å²) >= 11 is 1.25. The number of hydrogen-bond acceptors (Lipinski definition) is 14. The first-order valence-electron chi connectivity index (χ1n) is 20.6. The zero-order chi connectivity index (χ0) is 48.3. The Morgan fingerprint density at radius 1 is 0.815 bits per heavy atom. The number of aliphatic imine (C=N–C) groups is 1. The van der Waals surface area contributed by atoms with Gasteiger partial charge in [-0.2, -0.15) is 11.8 Å². The molecule has 1 aliphatic heterocycles. The van der Waals surface area contributed by atoms with Crippen molar-refractivity contribution in [2.45, 2.75) is 94.5 Å². The van der Waals surface area contributed by atoms with Gasteiger partial charge >= 0.3 is 12.1 Å². The van der Waals surface area contributed by atoms with Gasteiger partial charge in [0.05, 0.1) is 26.2 Å². The molecule has 1 saturated heterocycles. The number of carbonyl (C=O) groups is 10. The Labute approximate surface area is 378 Å². The topological polar surface area (TPSA) is 407 Å². The van der Waals surface area contributed by atoms with Gasteiger partial charge in [-0.05, 0) is 49.8 Å². The van der Waals surface area contributed by atoms with Gasteiger partial charge in [0, 0.05) is 32.2 Å². The second kappa shape index (κ2) is 29.6. The van der Waals surface area contributed by atoms with E-state index in [0.29, 0.717) is 30.6 Å². The van der Waals surface area contributed by atoms with Gasteiger partial charge < -0.3 is 74.7 Å². The van der Waals surface area contributed by atoms with Crippen LogP contribution in [0.2, 0.25) is 0 Å². The Kier molecular flexibility index (Phi) is 24.8. The number of cyclic esters (lactones) is 1. The Morgan fingerprint density at radius 3 is 2.12 bits per heavy atom. The van der Waals surface area contributed by atoms with Gasteiger partial charge in [0.1, 0.15) is 36.3 Å². The molecule has 65 heavy (non-hydrogen) atoms. The Bertz CT molecular complexity index is 1840. The van der Waals surface area contributed by atoms with Crippen molar-refractivity contribution >= 4 is 77.0 Å². The molecule has 360 valence electrons. The maximum Gasteiger partial charge on any atom is 0.407 e. The summed E-state index contributed by atoms with van der Waals surface area (Å²) in [5.74, 6) is -8.63. The maximum absolute atomic E-state index is 13.6. The third-order valence-electron chi connectivity index (χ3n) is 9.26. The third kappa shape index (κ3) is 22.5. The van der Waals surface area contributed by atoms with Crippen molar-refractivity contribution in [1.82, 2.24) is 42.5 Å². The molecule has 0 aromatic heterocycles. The van der Waals surface area contributed by atoms with Crippen molar-refractivity contribution in [1.29, 1.82) is 0 Å². The molecule has 1 aliphatic rings. The van der Waals surface area contributed by atoms with Gasteiger partial charge in [0.2, 0.25) is 47.3 Å². The zero-order valence-corrected chi connectivity index (χ0v) is 36.7. The van der Waals surface area contributed by atoms with Crippen LogP contribution in [-0.2, 0) is 54.3 Å². The smallest absolute Gasteiger partial charge is 0.407 e. The van der Waals surface area contributed by atoms with E-state index in [1.807, 2.05) is 0 Å². The number of aliphatic hydroxyl groups excluding tert-OH is 1. The molecule has 0 aliphatic carbocycles. The molecule has 0 unspecified atom stereocenters. The van der Waals surface area contributed by atoms with Gasteiger partial charge in [-0.15, -0.1) is 0 Å². The molecule has 0 radical (unpaired) electrons. The number of nitrogens with two attached hydrogens (primary N) is 3. The van der Waals surface area contributed by atoms with E-state index in [1.54, 1.807) is 30.3 Å². The van der Waals surface area contributed by atoms with Crippen LogP contribution < -0.4 is 59.7 Å². The quantitative estimate of drug-likeness (QED) is 0.0563. The molecule has 26 heteroatoms. The molecular formula is C39H60N12O13S. The number of carboxylic acids is 1. The predicted octanol–water partition coefficient (Wildman–Crippen LogP) is -4.69. The number of nitrogens with zero attached hydrogens (tertiary/aromatic N) is 1. The highest BCUT2D eigenvalue weighted by atomic mass is 32.2. The summed E-state index contributed by atoms with van der Waals surface area (Å²) < 4.78 is 5.20. The van der Waals surface area contributed by atoms with E-state index < -0.39 is 115 Å². The predicted molar refractivity (Wildman–Crippen MR) is 234 cm³/mol. The zero-order valence-electron chi connectivity index (χ0n) is 35.9. The van der Waals surface area contributed by atoms with Gasteiger partial charge in [-0.3, -0.25) is 48.1 Å². The maximum atomic E-state index is 13.6. The molecule has 2 rings (SSSR count). The summed E-state index contributed by atoms with van der Waals surface area (Å²) in [6, 6.07) is -0.287. The summed E-state index contributed by atoms with van der Waals surface area (Å²) in [5, 5.41) is 38.9. The molecule has 6 atom stereocenters. The monoisotopic (exact) mass is 936 g/mol. The van der Waals surface area contributed by atoms with Crippen molar-refractivity contribution in [3.63, 3.8) is 0 Å². The highest BCUT2D eigenvalue weighted by Gasteiger charge is 2.32. The molecule has 9 amide bonds. The second-order valence-electron chi connectivity index (χ2n) is 14.6. The number of thioether (sulfide) groups is 1. The fourth-order valence-electron chi connectivity index (χ4n) is 5.99. The summed E-state index contributed by atoms with van der Waals surface area (Å²) in [6.07, 6.45) is -0.659. The number of guanidine groups is 1. The molecule has 1 aromatic rings. The number of primary amides is 1. The molecule has 1 heterocycles. The largest absolute Gasteiger partial charge is 0.481 e. The Morgan fingerprint density at radius 2 is 1.48 bits per heavy atom. The molecule has 1 fully saturated rings. The third-order valence-corrected chi connectivity index (χ3v) is 10.4. The van der Waals surface area contributed by atoms with Crippen LogP contribution in [0.15, 0.2) is 35.3 Å². The summed E-state index contributed by atoms with van der Waals surface area (Å²) in [6.45, 7) is -0.476. The van der Waals surface area contributed by atoms with Crippen LogP contribution in [0, 0.1) is 0 Å². The van der Waals surface area contributed by atoms with Crippen molar-refractivity contribution < 1.29 is 62.9 Å². The lowest BCUT2D eigenvalue weighted by Crippen LogP contribution is -2.60. The number of nitrogens with one attached hydrogen (secondary N) is 8. The minimum Gasteiger partial charge on any atom is -0.481 e. The Hall–Kier alpha value is -6.70. The van der Waals surface area contributed by atoms with Crippen molar-refractivity contribution in [2.24, 2.45) is 22.2 Å². The molecule has 0 bridgehead atoms. The highest BCUT2D eigenvalue weighted by molar-refractivity contribution is 7.99. The summed E-state index contributed by atoms with van der Waals surface area (Å²) in [4.78, 5) is 133. The van der Waals surface area contributed by atoms with Crippen molar-refractivity contribution in [2.75, 3.05) is 44.4 Å². The van der Waals surface area contributed by atoms with Gasteiger partial charge in [0.15, 0.2) is 5.96 Å². The normalized spacial score (nSPS) is 23.4. The van der Waals surface area contributed by atoms with E-state index in [4.69, 9.17) is 21.9 Å². The van der Waals surface area contributed by atoms with Gasteiger partial charge in [-0.1, -0.05) is 30.3 Å². The number of amides is 9. The average Bonchev–Trinajstić information content (AvgIpc) is 3.24. The van der Waals surface area contributed by atoms with Crippen LogP contribution in [0.4, 0.5) is 4.79 Å². The van der Waals surface area contributed by atoms with E-state index in [1.165, 1.54) is 18.7 Å². The summed E-state index contributed by atoms with van der Waals surface area (Å²) in [5.41, 5.74) is 16.9. The lowest BCUT2D eigenvalue weighted by Gasteiger charge is -2.25. The lowest BCUT2D eigenvalue weighted by molar-refractivity contribution is -0.141. The first kappa shape index (κ1) is 54.4. The number of benzene rings is 1. The van der Waals surface area contributed by atoms with Crippen LogP contribution in [0.5, 0.6) is 0 Å². The number of ether oxygens (including phenoxy) is 1. The van der Waals surface area contributed by atoms with Crippen LogP contribution in [0.1, 0.15) is 57.4 Å². The molecule has 0 spiro atoms. The van der Waals surface area contributed by atoms with Crippen molar-refractivity contribution in [3.8, 4) is 0 Å². The fourth-order valence-corrected chi connectivity index (χ4v) is 6.95. The number of alkyl carbamates (subject to hydrolysis) is 1. The van der Waals surface area contributed by atoms with Crippen molar-refractivity contribution in [3.05, 3.63) is 35.9 Å². The molecule has 0 saturated carbocycles. The average molecular weight is 937 g/mol. The van der Waals surface area contributed by atoms with Crippen LogP contribution in [0.3, 0.4) is 0 Å². The number of hydrogen-bond donors (Lipinski definition) is 13. The minimum absolute atomic E-state index is 0.0122. The molecule has 1 aromatic carbocycles. The number of aliphatic hydroxyl groups is 1. The Balaban J connectivity index is 2.40. The fraction of sp³-hybridized carbons (Fsp3) is 0.564. The van der Waals surface area contributed by atoms with E-state index in [2.05, 4.69) is 47.5 Å². The number of carbonyl (C=O) groups excluding carboxylic acids is 9. The minimum atomic E-state index is -1.85. The summed E-state index contributed by atoms with van der Waals surface area (Å²) in [7, 11) is 0. The lowest BCUT2D eigenvalue weighted by atomic mass is 10.0.